The second-order valence-corrected chi connectivity index (χ2v) is 6.50. The number of methoxy groups -OCH3 is 1. The molecular formula is C17H18F2N4O3S. The van der Waals surface area contributed by atoms with Crippen molar-refractivity contribution in [3.05, 3.63) is 66.4 Å². The van der Waals surface area contributed by atoms with Crippen LogP contribution < -0.4 is 15.0 Å². The maximum absolute atomic E-state index is 13.0. The molecule has 144 valence electrons. The highest BCUT2D eigenvalue weighted by Crippen LogP contribution is 2.29. The van der Waals surface area contributed by atoms with E-state index in [2.05, 4.69) is 15.4 Å². The van der Waals surface area contributed by atoms with Gasteiger partial charge < -0.3 is 4.74 Å². The Morgan fingerprint density at radius 1 is 1.04 bits per heavy atom. The Kier molecular flexibility index (Phi) is 6.61. The van der Waals surface area contributed by atoms with E-state index in [4.69, 9.17) is 4.74 Å². The maximum Gasteiger partial charge on any atom is 0.282 e. The number of halogens is 2. The van der Waals surface area contributed by atoms with E-state index in [1.165, 1.54) is 10.7 Å². The molecule has 2 aromatic carbocycles. The Hall–Kier alpha value is -2.82. The van der Waals surface area contributed by atoms with Gasteiger partial charge in [-0.05, 0) is 42.5 Å². The fourth-order valence-electron chi connectivity index (χ4n) is 2.24. The zero-order chi connectivity index (χ0) is 20.0. The van der Waals surface area contributed by atoms with E-state index in [0.717, 1.165) is 11.3 Å². The monoisotopic (exact) mass is 396 g/mol. The summed E-state index contributed by atoms with van der Waals surface area (Å²) in [6, 6.07) is 17.9. The number of nitrogens with two attached hydrogens (primary N) is 2. The Morgan fingerprint density at radius 2 is 1.59 bits per heavy atom. The number of ether oxygens (including phenoxy) is 1. The van der Waals surface area contributed by atoms with E-state index < -0.39 is 16.6 Å². The molecule has 3 aromatic rings. The van der Waals surface area contributed by atoms with Crippen molar-refractivity contribution < 1.29 is 21.9 Å². The van der Waals surface area contributed by atoms with Gasteiger partial charge in [0.15, 0.2) is 0 Å². The average molecular weight is 396 g/mol. The molecule has 0 amide bonds. The fourth-order valence-corrected chi connectivity index (χ4v) is 2.24. The van der Waals surface area contributed by atoms with Crippen LogP contribution >= 0.6 is 0 Å². The molecule has 27 heavy (non-hydrogen) atoms. The number of hydrogen-bond donors (Lipinski definition) is 2. The van der Waals surface area contributed by atoms with Gasteiger partial charge >= 0.3 is 0 Å². The first-order valence-corrected chi connectivity index (χ1v) is 9.18. The molecule has 4 N–H and O–H groups in total. The molecule has 1 heterocycles. The van der Waals surface area contributed by atoms with Crippen LogP contribution in [0.3, 0.4) is 0 Å². The second-order valence-electron chi connectivity index (χ2n) is 5.32. The van der Waals surface area contributed by atoms with Gasteiger partial charge in [0.05, 0.1) is 18.5 Å². The highest BCUT2D eigenvalue weighted by molar-refractivity contribution is 7.86. The van der Waals surface area contributed by atoms with Crippen LogP contribution in [0.4, 0.5) is 8.78 Å². The number of para-hydroxylation sites is 1. The highest BCUT2D eigenvalue weighted by Gasteiger charge is 2.17. The van der Waals surface area contributed by atoms with E-state index >= 15 is 0 Å². The lowest BCUT2D eigenvalue weighted by Gasteiger charge is -2.08. The van der Waals surface area contributed by atoms with Crippen LogP contribution in [0.15, 0.2) is 60.7 Å². The van der Waals surface area contributed by atoms with Gasteiger partial charge in [-0.25, -0.2) is 23.7 Å². The molecule has 0 bridgehead atoms. The van der Waals surface area contributed by atoms with E-state index in [1.54, 1.807) is 19.2 Å². The van der Waals surface area contributed by atoms with Gasteiger partial charge in [-0.2, -0.15) is 13.5 Å². The van der Waals surface area contributed by atoms with Crippen LogP contribution in [0, 0.1) is 0 Å². The third kappa shape index (κ3) is 6.13. The van der Waals surface area contributed by atoms with Gasteiger partial charge in [-0.1, -0.05) is 18.2 Å². The lowest BCUT2D eigenvalue weighted by Crippen LogP contribution is -2.21. The molecule has 10 heteroatoms. The summed E-state index contributed by atoms with van der Waals surface area (Å²) in [7, 11) is -2.09. The number of aromatic nitrogens is 2. The zero-order valence-corrected chi connectivity index (χ0v) is 15.1. The Morgan fingerprint density at radius 3 is 2.07 bits per heavy atom. The number of benzene rings is 2. The van der Waals surface area contributed by atoms with Crippen molar-refractivity contribution in [3.63, 3.8) is 0 Å². The molecule has 0 fully saturated rings. The molecule has 0 aliphatic carbocycles. The summed E-state index contributed by atoms with van der Waals surface area (Å²) in [4.78, 5) is 0. The summed E-state index contributed by atoms with van der Waals surface area (Å²) in [6.45, 7) is 0. The van der Waals surface area contributed by atoms with Crippen molar-refractivity contribution in [3.8, 4) is 22.7 Å². The number of hydrogen-bond acceptors (Lipinski definition) is 4. The number of rotatable bonds is 4. The zero-order valence-electron chi connectivity index (χ0n) is 14.3. The summed E-state index contributed by atoms with van der Waals surface area (Å²) in [5.41, 5.74) is 1.91. The summed E-state index contributed by atoms with van der Waals surface area (Å²) >= 11 is 0. The molecule has 0 aliphatic rings. The average Bonchev–Trinajstić information content (AvgIpc) is 3.07. The summed E-state index contributed by atoms with van der Waals surface area (Å²) < 4.78 is 51.1. The lowest BCUT2D eigenvalue weighted by molar-refractivity contribution is 0.145. The molecule has 1 aromatic heterocycles. The van der Waals surface area contributed by atoms with Gasteiger partial charge in [0.2, 0.25) is 0 Å². The SMILES string of the molecule is COc1ccc(-c2cc(C(F)F)nn2-c2ccccc2)cc1.NS(N)(=O)=O. The first-order chi connectivity index (χ1) is 12.7. The van der Waals surface area contributed by atoms with Crippen LogP contribution in [-0.2, 0) is 10.2 Å². The van der Waals surface area contributed by atoms with Crippen molar-refractivity contribution in [2.24, 2.45) is 10.3 Å². The molecule has 0 unspecified atom stereocenters. The quantitative estimate of drug-likeness (QED) is 0.706. The first-order valence-electron chi connectivity index (χ1n) is 7.57. The summed E-state index contributed by atoms with van der Waals surface area (Å²) in [5.74, 6) is 0.712. The Balaban J connectivity index is 0.000000465. The van der Waals surface area contributed by atoms with Crippen molar-refractivity contribution in [2.45, 2.75) is 6.43 Å². The van der Waals surface area contributed by atoms with Crippen molar-refractivity contribution >= 4 is 10.2 Å². The van der Waals surface area contributed by atoms with E-state index in [-0.39, 0.29) is 5.69 Å². The lowest BCUT2D eigenvalue weighted by atomic mass is 10.1. The van der Waals surface area contributed by atoms with Gasteiger partial charge in [0, 0.05) is 5.56 Å². The Labute approximate surface area is 155 Å². The van der Waals surface area contributed by atoms with E-state index in [0.29, 0.717) is 11.4 Å². The molecule has 3 rings (SSSR count). The smallest absolute Gasteiger partial charge is 0.282 e. The van der Waals surface area contributed by atoms with Gasteiger partial charge in [-0.15, -0.1) is 0 Å². The van der Waals surface area contributed by atoms with E-state index in [9.17, 15) is 17.2 Å². The van der Waals surface area contributed by atoms with Crippen LogP contribution in [0.1, 0.15) is 12.1 Å². The minimum Gasteiger partial charge on any atom is -0.497 e. The van der Waals surface area contributed by atoms with E-state index in [1.807, 2.05) is 42.5 Å². The van der Waals surface area contributed by atoms with Crippen LogP contribution in [-0.4, -0.2) is 25.3 Å². The van der Waals surface area contributed by atoms with Crippen molar-refractivity contribution in [2.75, 3.05) is 7.11 Å². The predicted octanol–water partition coefficient (Wildman–Crippen LogP) is 2.63. The maximum atomic E-state index is 13.0. The minimum absolute atomic E-state index is 0.241. The second kappa shape index (κ2) is 8.71. The molecule has 7 nitrogen and oxygen atoms in total. The third-order valence-electron chi connectivity index (χ3n) is 3.34. The van der Waals surface area contributed by atoms with Gasteiger partial charge in [0.25, 0.3) is 16.6 Å². The topological polar surface area (TPSA) is 113 Å². The summed E-state index contributed by atoms with van der Waals surface area (Å²) in [6.07, 6.45) is -2.61. The standard InChI is InChI=1S/C17H14F2N2O.H4N2O2S/c1-22-14-9-7-12(8-10-14)16-11-15(17(18)19)20-21(16)13-5-3-2-4-6-13;1-5(2,3)4/h2-11,17H,1H3;(H4,1,2,3,4). The third-order valence-corrected chi connectivity index (χ3v) is 3.34. The van der Waals surface area contributed by atoms with Crippen LogP contribution in [0.2, 0.25) is 0 Å². The van der Waals surface area contributed by atoms with Gasteiger partial charge in [0.1, 0.15) is 11.4 Å². The van der Waals surface area contributed by atoms with Crippen molar-refractivity contribution in [1.82, 2.24) is 9.78 Å². The molecule has 0 spiro atoms. The fraction of sp³-hybridized carbons (Fsp3) is 0.118. The van der Waals surface area contributed by atoms with Crippen LogP contribution in [0.25, 0.3) is 16.9 Å². The predicted molar refractivity (Wildman–Crippen MR) is 97.8 cm³/mol. The highest BCUT2D eigenvalue weighted by atomic mass is 32.2. The minimum atomic E-state index is -3.67. The van der Waals surface area contributed by atoms with Crippen LogP contribution in [0.5, 0.6) is 5.75 Å². The Bertz CT molecular complexity index is 967. The van der Waals surface area contributed by atoms with Gasteiger partial charge in [-0.3, -0.25) is 0 Å². The molecular weight excluding hydrogens is 378 g/mol. The van der Waals surface area contributed by atoms with Crippen molar-refractivity contribution in [1.29, 1.82) is 0 Å². The molecule has 0 saturated heterocycles. The molecule has 0 atom stereocenters. The normalized spacial score (nSPS) is 11.0. The first kappa shape index (κ1) is 20.5. The number of nitrogens with zero attached hydrogens (tertiary/aromatic N) is 2. The summed E-state index contributed by atoms with van der Waals surface area (Å²) in [5, 5.41) is 12.2. The largest absolute Gasteiger partial charge is 0.497 e. The number of alkyl halides is 2. The molecule has 0 aliphatic heterocycles. The molecule has 0 saturated carbocycles. The molecule has 0 radical (unpaired) electrons.